The third kappa shape index (κ3) is 3.52. The number of carboxylic acids is 1. The van der Waals surface area contributed by atoms with Gasteiger partial charge in [0.2, 0.25) is 0 Å². The lowest BCUT2D eigenvalue weighted by molar-refractivity contribution is 0.0189. The molecule has 136 valence electrons. The van der Waals surface area contributed by atoms with Crippen LogP contribution in [0, 0.1) is 5.41 Å². The van der Waals surface area contributed by atoms with Gasteiger partial charge in [0.25, 0.3) is 0 Å². The van der Waals surface area contributed by atoms with Crippen molar-refractivity contribution in [2.24, 2.45) is 5.41 Å². The zero-order valence-electron chi connectivity index (χ0n) is 15.0. The van der Waals surface area contributed by atoms with Crippen LogP contribution in [0.4, 0.5) is 10.6 Å². The maximum absolute atomic E-state index is 12.4. The SMILES string of the molecule is CN(C(=O)OC(C)(C)C)[C@@H]1CN(c2cnc(C(=O)O)cn2)CC12CC2. The molecule has 1 amide bonds. The van der Waals surface area contributed by atoms with E-state index < -0.39 is 11.6 Å². The Morgan fingerprint density at radius 1 is 1.32 bits per heavy atom. The molecule has 25 heavy (non-hydrogen) atoms. The standard InChI is InChI=1S/C17H24N4O4/c1-16(2,3)25-15(24)20(4)12-9-21(10-17(12)5-6-17)13-8-18-11(7-19-13)14(22)23/h7-8,12H,5-6,9-10H2,1-4H3,(H,22,23)/t12-/m1/s1. The van der Waals surface area contributed by atoms with Gasteiger partial charge in [-0.25, -0.2) is 19.6 Å². The molecule has 3 rings (SSSR count). The van der Waals surface area contributed by atoms with Gasteiger partial charge in [-0.1, -0.05) is 0 Å². The minimum absolute atomic E-state index is 0.0447. The molecule has 0 bridgehead atoms. The van der Waals surface area contributed by atoms with Crippen LogP contribution < -0.4 is 4.90 Å². The summed E-state index contributed by atoms with van der Waals surface area (Å²) in [5.74, 6) is -0.460. The van der Waals surface area contributed by atoms with Crippen molar-refractivity contribution in [3.05, 3.63) is 18.1 Å². The van der Waals surface area contributed by atoms with E-state index in [0.717, 1.165) is 19.4 Å². The van der Waals surface area contributed by atoms with E-state index in [-0.39, 0.29) is 23.2 Å². The van der Waals surface area contributed by atoms with Crippen LogP contribution >= 0.6 is 0 Å². The summed E-state index contributed by atoms with van der Waals surface area (Å²) in [7, 11) is 1.78. The summed E-state index contributed by atoms with van der Waals surface area (Å²) in [6.45, 7) is 6.98. The van der Waals surface area contributed by atoms with Crippen molar-refractivity contribution < 1.29 is 19.4 Å². The van der Waals surface area contributed by atoms with Crippen LogP contribution in [0.1, 0.15) is 44.1 Å². The molecular formula is C17H24N4O4. The van der Waals surface area contributed by atoms with E-state index in [1.54, 1.807) is 11.9 Å². The van der Waals surface area contributed by atoms with Gasteiger partial charge in [0.05, 0.1) is 18.4 Å². The molecule has 0 radical (unpaired) electrons. The average molecular weight is 348 g/mol. The number of rotatable bonds is 3. The maximum atomic E-state index is 12.4. The number of carbonyl (C=O) groups is 2. The number of amides is 1. The molecule has 1 aliphatic heterocycles. The van der Waals surface area contributed by atoms with Gasteiger partial charge in [0, 0.05) is 25.6 Å². The Bertz CT molecular complexity index is 679. The van der Waals surface area contributed by atoms with Crippen molar-refractivity contribution in [3.63, 3.8) is 0 Å². The van der Waals surface area contributed by atoms with E-state index in [1.807, 2.05) is 20.8 Å². The van der Waals surface area contributed by atoms with Gasteiger partial charge in [-0.05, 0) is 33.6 Å². The fourth-order valence-corrected chi connectivity index (χ4v) is 3.37. The normalized spacial score (nSPS) is 21.3. The molecule has 1 spiro atoms. The molecular weight excluding hydrogens is 324 g/mol. The lowest BCUT2D eigenvalue weighted by Crippen LogP contribution is -2.45. The zero-order chi connectivity index (χ0) is 18.4. The molecule has 8 nitrogen and oxygen atoms in total. The predicted molar refractivity (Wildman–Crippen MR) is 90.7 cm³/mol. The Morgan fingerprint density at radius 3 is 2.48 bits per heavy atom. The highest BCUT2D eigenvalue weighted by atomic mass is 16.6. The van der Waals surface area contributed by atoms with Gasteiger partial charge in [-0.15, -0.1) is 0 Å². The second-order valence-corrected chi connectivity index (χ2v) is 7.91. The fourth-order valence-electron chi connectivity index (χ4n) is 3.37. The highest BCUT2D eigenvalue weighted by Gasteiger charge is 2.57. The van der Waals surface area contributed by atoms with Gasteiger partial charge >= 0.3 is 12.1 Å². The Balaban J connectivity index is 1.73. The molecule has 2 heterocycles. The third-order valence-corrected chi connectivity index (χ3v) is 4.83. The lowest BCUT2D eigenvalue weighted by Gasteiger charge is -2.31. The van der Waals surface area contributed by atoms with E-state index in [1.165, 1.54) is 12.4 Å². The van der Waals surface area contributed by atoms with Crippen LogP contribution in [0.5, 0.6) is 0 Å². The molecule has 0 unspecified atom stereocenters. The highest BCUT2D eigenvalue weighted by molar-refractivity contribution is 5.84. The number of hydrogen-bond donors (Lipinski definition) is 1. The third-order valence-electron chi connectivity index (χ3n) is 4.83. The summed E-state index contributed by atoms with van der Waals surface area (Å²) in [4.78, 5) is 35.2. The number of carbonyl (C=O) groups excluding carboxylic acids is 1. The zero-order valence-corrected chi connectivity index (χ0v) is 15.0. The molecule has 2 aliphatic rings. The van der Waals surface area contributed by atoms with Crippen molar-refractivity contribution in [2.75, 3.05) is 25.0 Å². The number of ether oxygens (including phenoxy) is 1. The Morgan fingerprint density at radius 2 is 2.00 bits per heavy atom. The van der Waals surface area contributed by atoms with Crippen LogP contribution in [-0.2, 0) is 4.74 Å². The summed E-state index contributed by atoms with van der Waals surface area (Å²) in [6, 6.07) is 0.0447. The second kappa shape index (κ2) is 5.86. The van der Waals surface area contributed by atoms with Gasteiger partial charge in [-0.2, -0.15) is 0 Å². The largest absolute Gasteiger partial charge is 0.476 e. The molecule has 1 aliphatic carbocycles. The molecule has 1 saturated heterocycles. The molecule has 1 atom stereocenters. The summed E-state index contributed by atoms with van der Waals surface area (Å²) in [6.07, 6.45) is 4.54. The van der Waals surface area contributed by atoms with Crippen LogP contribution in [-0.4, -0.2) is 63.8 Å². The van der Waals surface area contributed by atoms with E-state index in [2.05, 4.69) is 14.9 Å². The number of carboxylic acid groups (broad SMARTS) is 1. The Kier molecular flexibility index (Phi) is 4.09. The second-order valence-electron chi connectivity index (χ2n) is 7.91. The summed E-state index contributed by atoms with van der Waals surface area (Å²) in [5.41, 5.74) is -0.538. The van der Waals surface area contributed by atoms with Crippen LogP contribution in [0.25, 0.3) is 0 Å². The van der Waals surface area contributed by atoms with Crippen LogP contribution in [0.3, 0.4) is 0 Å². The number of hydrogen-bond acceptors (Lipinski definition) is 6. The lowest BCUT2D eigenvalue weighted by atomic mass is 10.00. The summed E-state index contributed by atoms with van der Waals surface area (Å²) >= 11 is 0. The van der Waals surface area contributed by atoms with Gasteiger partial charge in [-0.3, -0.25) is 0 Å². The first kappa shape index (κ1) is 17.4. The number of anilines is 1. The van der Waals surface area contributed by atoms with E-state index in [0.29, 0.717) is 12.4 Å². The molecule has 1 aromatic rings. The Labute approximate surface area is 146 Å². The van der Waals surface area contributed by atoms with Gasteiger partial charge in [0.1, 0.15) is 11.4 Å². The fraction of sp³-hybridized carbons (Fsp3) is 0.647. The van der Waals surface area contributed by atoms with Crippen LogP contribution in [0.2, 0.25) is 0 Å². The molecule has 2 fully saturated rings. The van der Waals surface area contributed by atoms with Gasteiger partial charge < -0.3 is 19.6 Å². The maximum Gasteiger partial charge on any atom is 0.410 e. The van der Waals surface area contributed by atoms with E-state index in [4.69, 9.17) is 9.84 Å². The first-order chi connectivity index (χ1) is 11.6. The van der Waals surface area contributed by atoms with Gasteiger partial charge in [0.15, 0.2) is 5.69 Å². The van der Waals surface area contributed by atoms with Crippen molar-refractivity contribution in [1.29, 1.82) is 0 Å². The first-order valence-electron chi connectivity index (χ1n) is 8.37. The molecule has 1 aromatic heterocycles. The van der Waals surface area contributed by atoms with E-state index in [9.17, 15) is 9.59 Å². The smallest absolute Gasteiger partial charge is 0.410 e. The van der Waals surface area contributed by atoms with Crippen LogP contribution in [0.15, 0.2) is 12.4 Å². The molecule has 1 saturated carbocycles. The average Bonchev–Trinajstić information content (AvgIpc) is 3.18. The monoisotopic (exact) mass is 348 g/mol. The van der Waals surface area contributed by atoms with Crippen molar-refractivity contribution >= 4 is 17.9 Å². The molecule has 8 heteroatoms. The minimum Gasteiger partial charge on any atom is -0.476 e. The summed E-state index contributed by atoms with van der Waals surface area (Å²) in [5, 5.41) is 8.93. The first-order valence-corrected chi connectivity index (χ1v) is 8.37. The number of aromatic carboxylic acids is 1. The van der Waals surface area contributed by atoms with Crippen molar-refractivity contribution in [1.82, 2.24) is 14.9 Å². The number of nitrogens with zero attached hydrogens (tertiary/aromatic N) is 4. The van der Waals surface area contributed by atoms with E-state index >= 15 is 0 Å². The molecule has 0 aromatic carbocycles. The topological polar surface area (TPSA) is 95.9 Å². The quantitative estimate of drug-likeness (QED) is 0.892. The highest BCUT2D eigenvalue weighted by Crippen LogP contribution is 2.54. The van der Waals surface area contributed by atoms with Crippen molar-refractivity contribution in [3.8, 4) is 0 Å². The minimum atomic E-state index is -1.10. The molecule has 1 N–H and O–H groups in total. The predicted octanol–water partition coefficient (Wildman–Crippen LogP) is 2.01. The summed E-state index contributed by atoms with van der Waals surface area (Å²) < 4.78 is 5.49. The Hall–Kier alpha value is -2.38. The number of aromatic nitrogens is 2. The number of likely N-dealkylation sites (N-methyl/N-ethyl adjacent to an activating group) is 1. The van der Waals surface area contributed by atoms with Crippen molar-refractivity contribution in [2.45, 2.75) is 45.3 Å².